The predicted molar refractivity (Wildman–Crippen MR) is 94.5 cm³/mol. The third-order valence-corrected chi connectivity index (χ3v) is 4.44. The van der Waals surface area contributed by atoms with Gasteiger partial charge in [-0.05, 0) is 17.5 Å². The first-order valence-electron chi connectivity index (χ1n) is 8.26. The van der Waals surface area contributed by atoms with E-state index < -0.39 is 0 Å². The lowest BCUT2D eigenvalue weighted by molar-refractivity contribution is 0.169. The van der Waals surface area contributed by atoms with E-state index in [0.29, 0.717) is 6.04 Å². The Morgan fingerprint density at radius 3 is 2.30 bits per heavy atom. The minimum absolute atomic E-state index is 0.472. The van der Waals surface area contributed by atoms with Crippen LogP contribution in [0.3, 0.4) is 0 Å². The molecular weight excluding hydrogens is 284 g/mol. The Morgan fingerprint density at radius 1 is 1.00 bits per heavy atom. The Balaban J connectivity index is 1.74. The van der Waals surface area contributed by atoms with Crippen LogP contribution in [0.5, 0.6) is 0 Å². The lowest BCUT2D eigenvalue weighted by Crippen LogP contribution is -2.43. The summed E-state index contributed by atoms with van der Waals surface area (Å²) >= 11 is 0. The third kappa shape index (κ3) is 4.42. The maximum Gasteiger partial charge on any atom is 0.106 e. The summed E-state index contributed by atoms with van der Waals surface area (Å²) in [5.74, 6) is 0. The number of oxime groups is 1. The van der Waals surface area contributed by atoms with Crippen molar-refractivity contribution in [2.24, 2.45) is 5.16 Å². The van der Waals surface area contributed by atoms with Gasteiger partial charge in [0.25, 0.3) is 0 Å². The molecule has 0 amide bonds. The van der Waals surface area contributed by atoms with Crippen LogP contribution in [-0.4, -0.2) is 30.3 Å². The van der Waals surface area contributed by atoms with Gasteiger partial charge in [0.2, 0.25) is 0 Å². The highest BCUT2D eigenvalue weighted by Crippen LogP contribution is 2.22. The highest BCUT2D eigenvalue weighted by atomic mass is 16.6. The van der Waals surface area contributed by atoms with Crippen molar-refractivity contribution in [1.82, 2.24) is 4.90 Å². The van der Waals surface area contributed by atoms with Crippen LogP contribution in [0.1, 0.15) is 24.0 Å². The van der Waals surface area contributed by atoms with Crippen molar-refractivity contribution >= 4 is 5.71 Å². The van der Waals surface area contributed by atoms with Gasteiger partial charge in [0, 0.05) is 32.0 Å². The molecular formula is C20H24N2O. The van der Waals surface area contributed by atoms with E-state index in [1.54, 1.807) is 7.11 Å². The first-order chi connectivity index (χ1) is 11.3. The lowest BCUT2D eigenvalue weighted by atomic mass is 9.93. The van der Waals surface area contributed by atoms with Crippen molar-refractivity contribution in [2.75, 3.05) is 13.7 Å². The molecule has 0 N–H and O–H groups in total. The third-order valence-electron chi connectivity index (χ3n) is 4.44. The van der Waals surface area contributed by atoms with Crippen LogP contribution < -0.4 is 0 Å². The molecule has 23 heavy (non-hydrogen) atoms. The molecule has 1 unspecified atom stereocenters. The maximum atomic E-state index is 5.00. The molecule has 0 radical (unpaired) electrons. The highest BCUT2D eigenvalue weighted by molar-refractivity contribution is 5.85. The minimum Gasteiger partial charge on any atom is -0.399 e. The number of hydrogen-bond acceptors (Lipinski definition) is 3. The average Bonchev–Trinajstić information content (AvgIpc) is 2.59. The van der Waals surface area contributed by atoms with Gasteiger partial charge < -0.3 is 4.84 Å². The molecule has 1 aliphatic rings. The average molecular weight is 308 g/mol. The monoisotopic (exact) mass is 308 g/mol. The van der Waals surface area contributed by atoms with Crippen LogP contribution in [0.25, 0.3) is 0 Å². The summed E-state index contributed by atoms with van der Waals surface area (Å²) in [5.41, 5.74) is 3.93. The number of likely N-dealkylation sites (tertiary alicyclic amines) is 1. The van der Waals surface area contributed by atoms with Crippen LogP contribution in [-0.2, 0) is 17.8 Å². The second-order valence-corrected chi connectivity index (χ2v) is 6.09. The van der Waals surface area contributed by atoms with Crippen LogP contribution >= 0.6 is 0 Å². The second-order valence-electron chi connectivity index (χ2n) is 6.09. The normalized spacial score (nSPS) is 20.6. The number of benzene rings is 2. The molecule has 0 spiro atoms. The van der Waals surface area contributed by atoms with Gasteiger partial charge in [0.05, 0.1) is 5.71 Å². The SMILES string of the molecule is CON=C1CCN(Cc2ccccc2)C(Cc2ccccc2)C1. The largest absolute Gasteiger partial charge is 0.399 e. The van der Waals surface area contributed by atoms with Crippen molar-refractivity contribution in [1.29, 1.82) is 0 Å². The van der Waals surface area contributed by atoms with E-state index in [9.17, 15) is 0 Å². The zero-order valence-electron chi connectivity index (χ0n) is 13.7. The predicted octanol–water partition coefficient (Wildman–Crippen LogP) is 3.90. The van der Waals surface area contributed by atoms with Gasteiger partial charge in [-0.2, -0.15) is 0 Å². The van der Waals surface area contributed by atoms with E-state index in [2.05, 4.69) is 70.7 Å². The number of hydrogen-bond donors (Lipinski definition) is 0. The first-order valence-corrected chi connectivity index (χ1v) is 8.26. The van der Waals surface area contributed by atoms with E-state index in [1.807, 2.05) is 0 Å². The molecule has 3 nitrogen and oxygen atoms in total. The van der Waals surface area contributed by atoms with Crippen molar-refractivity contribution < 1.29 is 4.84 Å². The first kappa shape index (κ1) is 15.8. The van der Waals surface area contributed by atoms with Crippen molar-refractivity contribution in [3.05, 3.63) is 71.8 Å². The summed E-state index contributed by atoms with van der Waals surface area (Å²) in [7, 11) is 1.63. The zero-order valence-corrected chi connectivity index (χ0v) is 13.7. The smallest absolute Gasteiger partial charge is 0.106 e. The number of rotatable bonds is 5. The van der Waals surface area contributed by atoms with Gasteiger partial charge in [-0.25, -0.2) is 0 Å². The van der Waals surface area contributed by atoms with Gasteiger partial charge in [0.15, 0.2) is 0 Å². The quantitative estimate of drug-likeness (QED) is 0.783. The molecule has 0 bridgehead atoms. The maximum absolute atomic E-state index is 5.00. The van der Waals surface area contributed by atoms with E-state index >= 15 is 0 Å². The van der Waals surface area contributed by atoms with Crippen LogP contribution in [0.2, 0.25) is 0 Å². The van der Waals surface area contributed by atoms with Gasteiger partial charge in [0.1, 0.15) is 7.11 Å². The minimum atomic E-state index is 0.472. The van der Waals surface area contributed by atoms with Gasteiger partial charge in [-0.1, -0.05) is 65.8 Å². The van der Waals surface area contributed by atoms with Gasteiger partial charge >= 0.3 is 0 Å². The Bertz CT molecular complexity index is 625. The van der Waals surface area contributed by atoms with Crippen molar-refractivity contribution in [3.8, 4) is 0 Å². The summed E-state index contributed by atoms with van der Waals surface area (Å²) in [4.78, 5) is 7.58. The van der Waals surface area contributed by atoms with Gasteiger partial charge in [-0.3, -0.25) is 4.90 Å². The zero-order chi connectivity index (χ0) is 15.9. The number of nitrogens with zero attached hydrogens (tertiary/aromatic N) is 2. The molecule has 0 aromatic heterocycles. The van der Waals surface area contributed by atoms with E-state index in [0.717, 1.165) is 32.4 Å². The fourth-order valence-corrected chi connectivity index (χ4v) is 3.28. The summed E-state index contributed by atoms with van der Waals surface area (Å²) in [6, 6.07) is 21.9. The van der Waals surface area contributed by atoms with Crippen LogP contribution in [0.4, 0.5) is 0 Å². The van der Waals surface area contributed by atoms with E-state index in [1.165, 1.54) is 16.8 Å². The van der Waals surface area contributed by atoms with Crippen molar-refractivity contribution in [2.45, 2.75) is 31.8 Å². The fraction of sp³-hybridized carbons (Fsp3) is 0.350. The lowest BCUT2D eigenvalue weighted by Gasteiger charge is -2.36. The van der Waals surface area contributed by atoms with Crippen LogP contribution in [0, 0.1) is 0 Å². The second kappa shape index (κ2) is 7.93. The molecule has 3 heteroatoms. The molecule has 0 aliphatic carbocycles. The Labute approximate surface area is 138 Å². The summed E-state index contributed by atoms with van der Waals surface area (Å²) in [6.07, 6.45) is 3.03. The van der Waals surface area contributed by atoms with Crippen molar-refractivity contribution in [3.63, 3.8) is 0 Å². The molecule has 1 heterocycles. The topological polar surface area (TPSA) is 24.8 Å². The summed E-state index contributed by atoms with van der Waals surface area (Å²) in [5, 5.41) is 4.21. The molecule has 1 atom stereocenters. The molecule has 1 aliphatic heterocycles. The Kier molecular flexibility index (Phi) is 5.43. The van der Waals surface area contributed by atoms with E-state index in [4.69, 9.17) is 4.84 Å². The van der Waals surface area contributed by atoms with Crippen LogP contribution in [0.15, 0.2) is 65.8 Å². The van der Waals surface area contributed by atoms with Gasteiger partial charge in [-0.15, -0.1) is 0 Å². The molecule has 2 aromatic rings. The van der Waals surface area contributed by atoms with E-state index in [-0.39, 0.29) is 0 Å². The number of piperidine rings is 1. The highest BCUT2D eigenvalue weighted by Gasteiger charge is 2.26. The Morgan fingerprint density at radius 2 is 1.65 bits per heavy atom. The Hall–Kier alpha value is -2.13. The molecule has 1 saturated heterocycles. The standard InChI is InChI=1S/C20H24N2O/c1-23-21-19-12-13-22(16-18-10-6-3-7-11-18)20(15-19)14-17-8-4-2-5-9-17/h2-11,20H,12-16H2,1H3. The molecule has 0 saturated carbocycles. The fourth-order valence-electron chi connectivity index (χ4n) is 3.28. The molecule has 3 rings (SSSR count). The summed E-state index contributed by atoms with van der Waals surface area (Å²) in [6.45, 7) is 2.03. The molecule has 2 aromatic carbocycles. The molecule has 1 fully saturated rings. The summed E-state index contributed by atoms with van der Waals surface area (Å²) < 4.78 is 0. The molecule has 120 valence electrons.